The molecule has 0 unspecified atom stereocenters. The number of piperidine rings is 1. The fraction of sp³-hybridized carbons (Fsp3) is 0.812. The van der Waals surface area contributed by atoms with Gasteiger partial charge in [0.25, 0.3) is 0 Å². The number of nitrogens with one attached hydrogen (secondary N) is 1. The number of rotatable bonds is 2. The SMILES string of the molecule is C/C(=C\NC(=O)N1C(C)(C)CC(N)CC1(C)C)C1CC1. The molecule has 0 spiro atoms. The fourth-order valence-corrected chi connectivity index (χ4v) is 3.80. The zero-order chi connectivity index (χ0) is 15.1. The van der Waals surface area contributed by atoms with Crippen molar-refractivity contribution >= 4 is 6.03 Å². The van der Waals surface area contributed by atoms with E-state index in [1.54, 1.807) is 0 Å². The summed E-state index contributed by atoms with van der Waals surface area (Å²) in [6.45, 7) is 10.5. The summed E-state index contributed by atoms with van der Waals surface area (Å²) in [6, 6.07) is 0.152. The zero-order valence-corrected chi connectivity index (χ0v) is 13.5. The van der Waals surface area contributed by atoms with Crippen LogP contribution in [0.3, 0.4) is 0 Å². The van der Waals surface area contributed by atoms with E-state index in [1.807, 2.05) is 11.1 Å². The largest absolute Gasteiger partial charge is 0.328 e. The first kappa shape index (κ1) is 15.4. The summed E-state index contributed by atoms with van der Waals surface area (Å²) in [7, 11) is 0. The van der Waals surface area contributed by atoms with Crippen LogP contribution in [0.1, 0.15) is 60.3 Å². The van der Waals surface area contributed by atoms with Crippen LogP contribution >= 0.6 is 0 Å². The Kier molecular flexibility index (Phi) is 3.89. The molecule has 0 aromatic carbocycles. The van der Waals surface area contributed by atoms with E-state index < -0.39 is 0 Å². The van der Waals surface area contributed by atoms with Gasteiger partial charge in [-0.25, -0.2) is 4.79 Å². The Morgan fingerprint density at radius 3 is 2.15 bits per heavy atom. The predicted molar refractivity (Wildman–Crippen MR) is 82.2 cm³/mol. The highest BCUT2D eigenvalue weighted by Gasteiger charge is 2.46. The molecule has 0 aromatic rings. The van der Waals surface area contributed by atoms with E-state index in [0.29, 0.717) is 5.92 Å². The second kappa shape index (κ2) is 5.06. The van der Waals surface area contributed by atoms with Crippen molar-refractivity contribution in [3.63, 3.8) is 0 Å². The van der Waals surface area contributed by atoms with Crippen LogP contribution in [-0.2, 0) is 0 Å². The molecular formula is C16H29N3O. The Morgan fingerprint density at radius 1 is 1.20 bits per heavy atom. The second-order valence-corrected chi connectivity index (χ2v) is 7.74. The molecule has 2 amide bonds. The van der Waals surface area contributed by atoms with Crippen LogP contribution in [0.4, 0.5) is 4.79 Å². The first-order valence-electron chi connectivity index (χ1n) is 7.66. The number of allylic oxidation sites excluding steroid dienone is 1. The molecule has 2 rings (SSSR count). The van der Waals surface area contributed by atoms with Gasteiger partial charge < -0.3 is 16.0 Å². The van der Waals surface area contributed by atoms with Crippen molar-refractivity contribution in [2.75, 3.05) is 0 Å². The number of carbonyl (C=O) groups excluding carboxylic acids is 1. The van der Waals surface area contributed by atoms with Gasteiger partial charge in [-0.2, -0.15) is 0 Å². The van der Waals surface area contributed by atoms with Crippen LogP contribution in [-0.4, -0.2) is 28.1 Å². The van der Waals surface area contributed by atoms with E-state index in [2.05, 4.69) is 39.9 Å². The number of nitrogens with two attached hydrogens (primary N) is 1. The molecule has 1 saturated heterocycles. The fourth-order valence-electron chi connectivity index (χ4n) is 3.80. The Hall–Kier alpha value is -1.03. The standard InChI is InChI=1S/C16H29N3O/c1-11(12-6-7-12)10-18-14(20)19-15(2,3)8-13(17)9-16(19,4)5/h10,12-13H,6-9,17H2,1-5H3,(H,18,20)/b11-10+. The molecule has 1 aliphatic carbocycles. The maximum absolute atomic E-state index is 12.6. The lowest BCUT2D eigenvalue weighted by molar-refractivity contribution is 0.00439. The van der Waals surface area contributed by atoms with Crippen molar-refractivity contribution in [3.8, 4) is 0 Å². The van der Waals surface area contributed by atoms with E-state index in [0.717, 1.165) is 12.8 Å². The highest BCUT2D eigenvalue weighted by atomic mass is 16.2. The molecule has 20 heavy (non-hydrogen) atoms. The lowest BCUT2D eigenvalue weighted by atomic mass is 9.77. The molecule has 2 aliphatic rings. The van der Waals surface area contributed by atoms with Crippen molar-refractivity contribution in [2.45, 2.75) is 77.4 Å². The first-order chi connectivity index (χ1) is 9.13. The minimum Gasteiger partial charge on any atom is -0.328 e. The molecule has 114 valence electrons. The van der Waals surface area contributed by atoms with Gasteiger partial charge in [-0.15, -0.1) is 0 Å². The molecule has 1 heterocycles. The van der Waals surface area contributed by atoms with Crippen LogP contribution in [0, 0.1) is 5.92 Å². The van der Waals surface area contributed by atoms with Crippen molar-refractivity contribution in [1.82, 2.24) is 10.2 Å². The molecule has 2 fully saturated rings. The van der Waals surface area contributed by atoms with Gasteiger partial charge >= 0.3 is 6.03 Å². The summed E-state index contributed by atoms with van der Waals surface area (Å²) in [5.41, 5.74) is 7.00. The highest BCUT2D eigenvalue weighted by Crippen LogP contribution is 2.38. The van der Waals surface area contributed by atoms with E-state index in [1.165, 1.54) is 18.4 Å². The molecule has 1 saturated carbocycles. The lowest BCUT2D eigenvalue weighted by Crippen LogP contribution is -2.66. The van der Waals surface area contributed by atoms with Crippen LogP contribution in [0.25, 0.3) is 0 Å². The van der Waals surface area contributed by atoms with Crippen molar-refractivity contribution in [3.05, 3.63) is 11.8 Å². The Labute approximate surface area is 122 Å². The van der Waals surface area contributed by atoms with Gasteiger partial charge in [0.2, 0.25) is 0 Å². The van der Waals surface area contributed by atoms with Gasteiger partial charge in [0, 0.05) is 23.3 Å². The third kappa shape index (κ3) is 3.17. The summed E-state index contributed by atoms with van der Waals surface area (Å²) in [4.78, 5) is 14.6. The average molecular weight is 279 g/mol. The molecule has 0 atom stereocenters. The summed E-state index contributed by atoms with van der Waals surface area (Å²) < 4.78 is 0. The Morgan fingerprint density at radius 2 is 1.70 bits per heavy atom. The Bertz CT molecular complexity index is 403. The molecule has 3 N–H and O–H groups in total. The van der Waals surface area contributed by atoms with E-state index in [9.17, 15) is 4.79 Å². The highest BCUT2D eigenvalue weighted by molar-refractivity contribution is 5.77. The Balaban J connectivity index is 2.11. The molecule has 1 aliphatic heterocycles. The van der Waals surface area contributed by atoms with E-state index >= 15 is 0 Å². The number of nitrogens with zero attached hydrogens (tertiary/aromatic N) is 1. The second-order valence-electron chi connectivity index (χ2n) is 7.74. The van der Waals surface area contributed by atoms with Gasteiger partial charge in [-0.3, -0.25) is 0 Å². The predicted octanol–water partition coefficient (Wildman–Crippen LogP) is 2.99. The van der Waals surface area contributed by atoms with Gasteiger partial charge in [0.1, 0.15) is 0 Å². The van der Waals surface area contributed by atoms with Crippen molar-refractivity contribution in [1.29, 1.82) is 0 Å². The van der Waals surface area contributed by atoms with Gasteiger partial charge in [-0.1, -0.05) is 5.57 Å². The maximum Gasteiger partial charge on any atom is 0.322 e. The molecule has 0 radical (unpaired) electrons. The number of amides is 2. The maximum atomic E-state index is 12.6. The number of urea groups is 1. The van der Waals surface area contributed by atoms with Gasteiger partial charge in [0.05, 0.1) is 0 Å². The number of hydrogen-bond acceptors (Lipinski definition) is 2. The molecule has 0 aromatic heterocycles. The van der Waals surface area contributed by atoms with Gasteiger partial charge in [-0.05, 0) is 66.2 Å². The molecule has 0 bridgehead atoms. The number of carbonyl (C=O) groups is 1. The molecule has 4 heteroatoms. The van der Waals surface area contributed by atoms with Crippen LogP contribution < -0.4 is 11.1 Å². The summed E-state index contributed by atoms with van der Waals surface area (Å²) in [5.74, 6) is 0.686. The summed E-state index contributed by atoms with van der Waals surface area (Å²) >= 11 is 0. The van der Waals surface area contributed by atoms with E-state index in [4.69, 9.17) is 5.73 Å². The normalized spacial score (nSPS) is 26.5. The monoisotopic (exact) mass is 279 g/mol. The third-order valence-electron chi connectivity index (χ3n) is 4.58. The molecule has 4 nitrogen and oxygen atoms in total. The number of hydrogen-bond donors (Lipinski definition) is 2. The third-order valence-corrected chi connectivity index (χ3v) is 4.58. The molecular weight excluding hydrogens is 250 g/mol. The topological polar surface area (TPSA) is 58.4 Å². The van der Waals surface area contributed by atoms with Crippen LogP contribution in [0.5, 0.6) is 0 Å². The van der Waals surface area contributed by atoms with Crippen LogP contribution in [0.15, 0.2) is 11.8 Å². The quantitative estimate of drug-likeness (QED) is 0.816. The zero-order valence-electron chi connectivity index (χ0n) is 13.5. The summed E-state index contributed by atoms with van der Waals surface area (Å²) in [5, 5.41) is 2.98. The average Bonchev–Trinajstić information content (AvgIpc) is 3.04. The van der Waals surface area contributed by atoms with E-state index in [-0.39, 0.29) is 23.2 Å². The van der Waals surface area contributed by atoms with Gasteiger partial charge in [0.15, 0.2) is 0 Å². The smallest absolute Gasteiger partial charge is 0.322 e. The minimum absolute atomic E-state index is 0.00750. The minimum atomic E-state index is -0.216. The van der Waals surface area contributed by atoms with Crippen molar-refractivity contribution < 1.29 is 4.79 Å². The van der Waals surface area contributed by atoms with Crippen molar-refractivity contribution in [2.24, 2.45) is 11.7 Å². The first-order valence-corrected chi connectivity index (χ1v) is 7.66. The lowest BCUT2D eigenvalue weighted by Gasteiger charge is -2.54. The van der Waals surface area contributed by atoms with Crippen LogP contribution in [0.2, 0.25) is 0 Å². The summed E-state index contributed by atoms with van der Waals surface area (Å²) in [6.07, 6.45) is 6.09. The number of likely N-dealkylation sites (tertiary alicyclic amines) is 1.